The Morgan fingerprint density at radius 3 is 2.42 bits per heavy atom. The Bertz CT molecular complexity index is 567. The zero-order valence-electron chi connectivity index (χ0n) is 10.4. The van der Waals surface area contributed by atoms with E-state index >= 15 is 0 Å². The van der Waals surface area contributed by atoms with Gasteiger partial charge in [0.05, 0.1) is 12.7 Å². The molecule has 0 aromatic heterocycles. The molecule has 0 aliphatic carbocycles. The van der Waals surface area contributed by atoms with E-state index in [0.717, 1.165) is 5.56 Å². The monoisotopic (exact) mass is 260 g/mol. The normalized spacial score (nSPS) is 10.0. The predicted octanol–water partition coefficient (Wildman–Crippen LogP) is 3.23. The third-order valence-electron chi connectivity index (χ3n) is 2.68. The minimum atomic E-state index is -0.703. The summed E-state index contributed by atoms with van der Waals surface area (Å²) in [7, 11) is 1.38. The van der Waals surface area contributed by atoms with E-state index in [4.69, 9.17) is 9.47 Å². The second-order valence-corrected chi connectivity index (χ2v) is 3.89. The summed E-state index contributed by atoms with van der Waals surface area (Å²) in [6.07, 6.45) is 0.420. The van der Waals surface area contributed by atoms with Gasteiger partial charge in [-0.3, -0.25) is 4.79 Å². The lowest BCUT2D eigenvalue weighted by atomic mass is 10.2. The van der Waals surface area contributed by atoms with E-state index in [1.807, 2.05) is 30.3 Å². The molecule has 0 aliphatic heterocycles. The number of methoxy groups -OCH3 is 1. The number of halogens is 1. The van der Waals surface area contributed by atoms with Crippen LogP contribution >= 0.6 is 0 Å². The first-order valence-corrected chi connectivity index (χ1v) is 5.74. The number of carbonyl (C=O) groups is 1. The van der Waals surface area contributed by atoms with Crippen molar-refractivity contribution in [3.05, 3.63) is 59.4 Å². The van der Waals surface area contributed by atoms with E-state index < -0.39 is 5.82 Å². The summed E-state index contributed by atoms with van der Waals surface area (Å²) in [4.78, 5) is 10.9. The molecule has 0 bridgehead atoms. The molecule has 4 heteroatoms. The molecular formula is C15H13FO3. The molecule has 2 rings (SSSR count). The number of aldehydes is 1. The second kappa shape index (κ2) is 6.00. The van der Waals surface area contributed by atoms with Gasteiger partial charge in [0, 0.05) is 0 Å². The fraction of sp³-hybridized carbons (Fsp3) is 0.133. The molecule has 2 aromatic carbocycles. The Hall–Kier alpha value is -2.36. The van der Waals surface area contributed by atoms with Crippen LogP contribution in [-0.2, 0) is 6.61 Å². The SMILES string of the molecule is COc1ccc(OCc2ccccc2)c(F)c1C=O. The first-order chi connectivity index (χ1) is 9.26. The van der Waals surface area contributed by atoms with Crippen molar-refractivity contribution < 1.29 is 18.7 Å². The zero-order chi connectivity index (χ0) is 13.7. The molecule has 19 heavy (non-hydrogen) atoms. The van der Waals surface area contributed by atoms with Crippen LogP contribution in [-0.4, -0.2) is 13.4 Å². The van der Waals surface area contributed by atoms with Crippen molar-refractivity contribution in [2.45, 2.75) is 6.61 Å². The van der Waals surface area contributed by atoms with Gasteiger partial charge in [0.15, 0.2) is 17.9 Å². The van der Waals surface area contributed by atoms with E-state index in [9.17, 15) is 9.18 Å². The van der Waals surface area contributed by atoms with Crippen LogP contribution < -0.4 is 9.47 Å². The molecule has 0 spiro atoms. The van der Waals surface area contributed by atoms with Gasteiger partial charge in [-0.05, 0) is 17.7 Å². The predicted molar refractivity (Wildman–Crippen MR) is 69.1 cm³/mol. The standard InChI is InChI=1S/C15H13FO3/c1-18-13-7-8-14(15(16)12(13)9-17)19-10-11-5-3-2-4-6-11/h2-9H,10H2,1H3. The van der Waals surface area contributed by atoms with Crippen LogP contribution in [0, 0.1) is 5.82 Å². The third kappa shape index (κ3) is 2.91. The van der Waals surface area contributed by atoms with Gasteiger partial charge in [0.25, 0.3) is 0 Å². The maximum Gasteiger partial charge on any atom is 0.179 e. The molecule has 0 atom stereocenters. The van der Waals surface area contributed by atoms with E-state index in [1.165, 1.54) is 19.2 Å². The summed E-state index contributed by atoms with van der Waals surface area (Å²) in [5, 5.41) is 0. The van der Waals surface area contributed by atoms with Crippen LogP contribution in [0.2, 0.25) is 0 Å². The van der Waals surface area contributed by atoms with Crippen LogP contribution in [0.25, 0.3) is 0 Å². The van der Waals surface area contributed by atoms with Gasteiger partial charge in [-0.2, -0.15) is 0 Å². The number of ether oxygens (including phenoxy) is 2. The summed E-state index contributed by atoms with van der Waals surface area (Å²) in [5.74, 6) is -0.475. The van der Waals surface area contributed by atoms with E-state index in [-0.39, 0.29) is 23.7 Å². The molecule has 0 unspecified atom stereocenters. The Labute approximate surface area is 110 Å². The summed E-state index contributed by atoms with van der Waals surface area (Å²) in [5.41, 5.74) is 0.790. The molecule has 0 amide bonds. The largest absolute Gasteiger partial charge is 0.496 e. The summed E-state index contributed by atoms with van der Waals surface area (Å²) in [6.45, 7) is 0.238. The van der Waals surface area contributed by atoms with Crippen molar-refractivity contribution in [2.24, 2.45) is 0 Å². The molecule has 0 fully saturated rings. The van der Waals surface area contributed by atoms with Gasteiger partial charge in [-0.15, -0.1) is 0 Å². The lowest BCUT2D eigenvalue weighted by molar-refractivity contribution is 0.111. The molecule has 98 valence electrons. The van der Waals surface area contributed by atoms with Crippen molar-refractivity contribution in [2.75, 3.05) is 7.11 Å². The van der Waals surface area contributed by atoms with Crippen LogP contribution in [0.1, 0.15) is 15.9 Å². The van der Waals surface area contributed by atoms with Gasteiger partial charge >= 0.3 is 0 Å². The smallest absolute Gasteiger partial charge is 0.179 e. The Kier molecular flexibility index (Phi) is 4.13. The maximum atomic E-state index is 14.0. The number of hydrogen-bond acceptors (Lipinski definition) is 3. The average molecular weight is 260 g/mol. The van der Waals surface area contributed by atoms with Crippen molar-refractivity contribution in [3.8, 4) is 11.5 Å². The second-order valence-electron chi connectivity index (χ2n) is 3.89. The highest BCUT2D eigenvalue weighted by molar-refractivity contribution is 5.80. The molecule has 0 N–H and O–H groups in total. The van der Waals surface area contributed by atoms with Gasteiger partial charge in [-0.25, -0.2) is 4.39 Å². The molecule has 3 nitrogen and oxygen atoms in total. The minimum Gasteiger partial charge on any atom is -0.496 e. The fourth-order valence-corrected chi connectivity index (χ4v) is 1.69. The molecule has 0 heterocycles. The molecular weight excluding hydrogens is 247 g/mol. The van der Waals surface area contributed by atoms with Crippen LogP contribution in [0.15, 0.2) is 42.5 Å². The Morgan fingerprint density at radius 1 is 1.11 bits per heavy atom. The lowest BCUT2D eigenvalue weighted by Gasteiger charge is -2.10. The van der Waals surface area contributed by atoms with Gasteiger partial charge in [-0.1, -0.05) is 30.3 Å². The average Bonchev–Trinajstić information content (AvgIpc) is 2.46. The van der Waals surface area contributed by atoms with Crippen LogP contribution in [0.3, 0.4) is 0 Å². The Morgan fingerprint density at radius 2 is 1.79 bits per heavy atom. The zero-order valence-corrected chi connectivity index (χ0v) is 10.4. The van der Waals surface area contributed by atoms with Crippen molar-refractivity contribution in [1.29, 1.82) is 0 Å². The summed E-state index contributed by atoms with van der Waals surface area (Å²) >= 11 is 0. The lowest BCUT2D eigenvalue weighted by Crippen LogP contribution is -2.01. The van der Waals surface area contributed by atoms with Gasteiger partial charge in [0.2, 0.25) is 0 Å². The molecule has 0 radical (unpaired) electrons. The number of rotatable bonds is 5. The summed E-state index contributed by atoms with van der Waals surface area (Å²) < 4.78 is 24.3. The quantitative estimate of drug-likeness (QED) is 0.774. The van der Waals surface area contributed by atoms with Crippen molar-refractivity contribution in [1.82, 2.24) is 0 Å². The van der Waals surface area contributed by atoms with E-state index in [1.54, 1.807) is 0 Å². The third-order valence-corrected chi connectivity index (χ3v) is 2.68. The summed E-state index contributed by atoms with van der Waals surface area (Å²) in [6, 6.07) is 12.4. The maximum absolute atomic E-state index is 14.0. The number of hydrogen-bond donors (Lipinski definition) is 0. The minimum absolute atomic E-state index is 0.0340. The number of carbonyl (C=O) groups excluding carboxylic acids is 1. The molecule has 0 aliphatic rings. The highest BCUT2D eigenvalue weighted by atomic mass is 19.1. The van der Waals surface area contributed by atoms with Crippen molar-refractivity contribution in [3.63, 3.8) is 0 Å². The highest BCUT2D eigenvalue weighted by Crippen LogP contribution is 2.28. The van der Waals surface area contributed by atoms with Gasteiger partial charge in [0.1, 0.15) is 12.4 Å². The fourth-order valence-electron chi connectivity index (χ4n) is 1.69. The first kappa shape index (κ1) is 13.1. The molecule has 0 saturated heterocycles. The van der Waals surface area contributed by atoms with E-state index in [0.29, 0.717) is 6.29 Å². The number of benzene rings is 2. The molecule has 0 saturated carbocycles. The first-order valence-electron chi connectivity index (χ1n) is 5.74. The highest BCUT2D eigenvalue weighted by Gasteiger charge is 2.14. The molecule has 2 aromatic rings. The van der Waals surface area contributed by atoms with E-state index in [2.05, 4.69) is 0 Å². The van der Waals surface area contributed by atoms with Crippen molar-refractivity contribution >= 4 is 6.29 Å². The van der Waals surface area contributed by atoms with Gasteiger partial charge < -0.3 is 9.47 Å². The van der Waals surface area contributed by atoms with Crippen LogP contribution in [0.4, 0.5) is 4.39 Å². The topological polar surface area (TPSA) is 35.5 Å². The Balaban J connectivity index is 2.19. The van der Waals surface area contributed by atoms with Crippen LogP contribution in [0.5, 0.6) is 11.5 Å².